The number of nitrogens with one attached hydrogen (secondary N) is 1. The van der Waals surface area contributed by atoms with Crippen LogP contribution < -0.4 is 5.32 Å². The number of imidazole rings is 1. The van der Waals surface area contributed by atoms with Gasteiger partial charge in [0.05, 0.1) is 23.6 Å². The number of carbonyl (C=O) groups is 1. The van der Waals surface area contributed by atoms with Crippen LogP contribution in [-0.4, -0.2) is 51.6 Å². The van der Waals surface area contributed by atoms with Crippen molar-refractivity contribution in [2.45, 2.75) is 12.6 Å². The van der Waals surface area contributed by atoms with Crippen molar-refractivity contribution in [1.29, 1.82) is 0 Å². The second kappa shape index (κ2) is 9.46. The standard InChI is InChI=1S/C27H29N5O/c1-30-24-15-9-8-14-23(24)28-25(30)20-31-16-18-32(19-17-31)27(33)29-26(21-10-4-2-5-11-21)22-12-6-3-7-13-22/h2-15,26H,16-20H2,1H3,(H,29,33). The van der Waals surface area contributed by atoms with Crippen molar-refractivity contribution >= 4 is 17.1 Å². The molecular formula is C27H29N5O. The molecule has 0 bridgehead atoms. The number of para-hydroxylation sites is 2. The molecule has 33 heavy (non-hydrogen) atoms. The minimum absolute atomic E-state index is 0.0184. The van der Waals surface area contributed by atoms with Gasteiger partial charge in [-0.15, -0.1) is 0 Å². The average Bonchev–Trinajstić information content (AvgIpc) is 3.19. The van der Waals surface area contributed by atoms with E-state index >= 15 is 0 Å². The lowest BCUT2D eigenvalue weighted by Crippen LogP contribution is -2.52. The van der Waals surface area contributed by atoms with E-state index < -0.39 is 0 Å². The lowest BCUT2D eigenvalue weighted by molar-refractivity contribution is 0.132. The normalized spacial score (nSPS) is 14.7. The first kappa shape index (κ1) is 21.2. The monoisotopic (exact) mass is 439 g/mol. The van der Waals surface area contributed by atoms with Crippen molar-refractivity contribution in [3.05, 3.63) is 102 Å². The maximum atomic E-state index is 13.2. The van der Waals surface area contributed by atoms with E-state index in [1.54, 1.807) is 0 Å². The van der Waals surface area contributed by atoms with Gasteiger partial charge in [0.25, 0.3) is 0 Å². The molecule has 1 fully saturated rings. The fourth-order valence-corrected chi connectivity index (χ4v) is 4.51. The number of benzene rings is 3. The van der Waals surface area contributed by atoms with Gasteiger partial charge in [-0.25, -0.2) is 9.78 Å². The molecule has 3 aromatic carbocycles. The van der Waals surface area contributed by atoms with E-state index in [0.29, 0.717) is 13.1 Å². The lowest BCUT2D eigenvalue weighted by atomic mass is 9.99. The topological polar surface area (TPSA) is 53.4 Å². The zero-order valence-corrected chi connectivity index (χ0v) is 18.9. The molecule has 0 unspecified atom stereocenters. The van der Waals surface area contributed by atoms with Crippen molar-refractivity contribution in [3.63, 3.8) is 0 Å². The highest BCUT2D eigenvalue weighted by molar-refractivity contribution is 5.76. The molecule has 168 valence electrons. The number of fused-ring (bicyclic) bond motifs is 1. The zero-order valence-electron chi connectivity index (χ0n) is 18.9. The third kappa shape index (κ3) is 4.61. The molecule has 0 atom stereocenters. The van der Waals surface area contributed by atoms with Crippen LogP contribution in [0.2, 0.25) is 0 Å². The lowest BCUT2D eigenvalue weighted by Gasteiger charge is -2.35. The summed E-state index contributed by atoms with van der Waals surface area (Å²) in [6, 6.07) is 28.3. The van der Waals surface area contributed by atoms with Crippen molar-refractivity contribution < 1.29 is 4.79 Å². The first-order valence-electron chi connectivity index (χ1n) is 11.5. The van der Waals surface area contributed by atoms with Gasteiger partial charge in [-0.1, -0.05) is 72.8 Å². The van der Waals surface area contributed by atoms with Gasteiger partial charge in [0, 0.05) is 33.2 Å². The molecule has 0 saturated carbocycles. The highest BCUT2D eigenvalue weighted by Crippen LogP contribution is 2.22. The van der Waals surface area contributed by atoms with Crippen LogP contribution in [0.5, 0.6) is 0 Å². The number of amides is 2. The summed E-state index contributed by atoms with van der Waals surface area (Å²) in [6.07, 6.45) is 0. The van der Waals surface area contributed by atoms with Crippen LogP contribution in [-0.2, 0) is 13.6 Å². The zero-order chi connectivity index (χ0) is 22.6. The van der Waals surface area contributed by atoms with Crippen LogP contribution in [0.1, 0.15) is 23.0 Å². The Morgan fingerprint density at radius 1 is 0.848 bits per heavy atom. The molecule has 0 aliphatic carbocycles. The Bertz CT molecular complexity index is 1170. The molecule has 2 heterocycles. The number of hydrogen-bond acceptors (Lipinski definition) is 3. The first-order chi connectivity index (χ1) is 16.2. The molecule has 4 aromatic rings. The molecule has 1 saturated heterocycles. The summed E-state index contributed by atoms with van der Waals surface area (Å²) in [5.41, 5.74) is 4.34. The molecule has 2 amide bonds. The molecule has 0 radical (unpaired) electrons. The Labute approximate surface area is 194 Å². The summed E-state index contributed by atoms with van der Waals surface area (Å²) in [4.78, 5) is 22.3. The minimum Gasteiger partial charge on any atom is -0.330 e. The van der Waals surface area contributed by atoms with Crippen LogP contribution >= 0.6 is 0 Å². The first-order valence-corrected chi connectivity index (χ1v) is 11.5. The van der Waals surface area contributed by atoms with Crippen LogP contribution in [0.15, 0.2) is 84.9 Å². The van der Waals surface area contributed by atoms with Crippen LogP contribution in [0, 0.1) is 0 Å². The van der Waals surface area contributed by atoms with Gasteiger partial charge >= 0.3 is 6.03 Å². The fourth-order valence-electron chi connectivity index (χ4n) is 4.51. The average molecular weight is 440 g/mol. The largest absolute Gasteiger partial charge is 0.330 e. The molecule has 6 heteroatoms. The van der Waals surface area contributed by atoms with E-state index in [2.05, 4.69) is 58.2 Å². The van der Waals surface area contributed by atoms with Gasteiger partial charge in [0.15, 0.2) is 0 Å². The van der Waals surface area contributed by atoms with Gasteiger partial charge in [-0.3, -0.25) is 4.90 Å². The number of carbonyl (C=O) groups excluding carboxylic acids is 1. The predicted molar refractivity (Wildman–Crippen MR) is 131 cm³/mol. The van der Waals surface area contributed by atoms with Gasteiger partial charge in [0.1, 0.15) is 5.82 Å². The van der Waals surface area contributed by atoms with E-state index in [0.717, 1.165) is 47.6 Å². The van der Waals surface area contributed by atoms with Crippen molar-refractivity contribution in [1.82, 2.24) is 24.7 Å². The van der Waals surface area contributed by atoms with Gasteiger partial charge < -0.3 is 14.8 Å². The second-order valence-electron chi connectivity index (χ2n) is 8.54. The Morgan fingerprint density at radius 3 is 2.03 bits per heavy atom. The summed E-state index contributed by atoms with van der Waals surface area (Å²) in [5.74, 6) is 1.06. The highest BCUT2D eigenvalue weighted by atomic mass is 16.2. The maximum Gasteiger partial charge on any atom is 0.318 e. The third-order valence-electron chi connectivity index (χ3n) is 6.44. The predicted octanol–water partition coefficient (Wildman–Crippen LogP) is 4.19. The number of rotatable bonds is 5. The third-order valence-corrected chi connectivity index (χ3v) is 6.44. The Balaban J connectivity index is 1.23. The number of hydrogen-bond donors (Lipinski definition) is 1. The second-order valence-corrected chi connectivity index (χ2v) is 8.54. The Morgan fingerprint density at radius 2 is 1.42 bits per heavy atom. The number of aryl methyl sites for hydroxylation is 1. The van der Waals surface area contributed by atoms with Gasteiger partial charge in [0.2, 0.25) is 0 Å². The number of urea groups is 1. The van der Waals surface area contributed by atoms with E-state index in [-0.39, 0.29) is 12.1 Å². The molecule has 6 nitrogen and oxygen atoms in total. The quantitative estimate of drug-likeness (QED) is 0.507. The number of aromatic nitrogens is 2. The smallest absolute Gasteiger partial charge is 0.318 e. The van der Waals surface area contributed by atoms with Gasteiger partial charge in [-0.2, -0.15) is 0 Å². The van der Waals surface area contributed by atoms with Crippen molar-refractivity contribution in [2.24, 2.45) is 7.05 Å². The number of piperazine rings is 1. The van der Waals surface area contributed by atoms with E-state index in [1.165, 1.54) is 0 Å². The summed E-state index contributed by atoms with van der Waals surface area (Å²) in [7, 11) is 2.07. The summed E-state index contributed by atoms with van der Waals surface area (Å²) in [6.45, 7) is 3.85. The highest BCUT2D eigenvalue weighted by Gasteiger charge is 2.25. The summed E-state index contributed by atoms with van der Waals surface area (Å²) < 4.78 is 2.17. The molecule has 5 rings (SSSR count). The molecule has 1 aliphatic heterocycles. The summed E-state index contributed by atoms with van der Waals surface area (Å²) >= 11 is 0. The SMILES string of the molecule is Cn1c(CN2CCN(C(=O)NC(c3ccccc3)c3ccccc3)CC2)nc2ccccc21. The van der Waals surface area contributed by atoms with Crippen molar-refractivity contribution in [2.75, 3.05) is 26.2 Å². The van der Waals surface area contributed by atoms with E-state index in [1.807, 2.05) is 53.4 Å². The summed E-state index contributed by atoms with van der Waals surface area (Å²) in [5, 5.41) is 3.26. The maximum absolute atomic E-state index is 13.2. The van der Waals surface area contributed by atoms with Crippen LogP contribution in [0.4, 0.5) is 4.79 Å². The molecule has 1 N–H and O–H groups in total. The Hall–Kier alpha value is -3.64. The fraction of sp³-hybridized carbons (Fsp3) is 0.259. The molecule has 0 spiro atoms. The minimum atomic E-state index is -0.169. The van der Waals surface area contributed by atoms with Gasteiger partial charge in [-0.05, 0) is 23.3 Å². The number of nitrogens with zero attached hydrogens (tertiary/aromatic N) is 4. The van der Waals surface area contributed by atoms with Crippen LogP contribution in [0.25, 0.3) is 11.0 Å². The van der Waals surface area contributed by atoms with Crippen LogP contribution in [0.3, 0.4) is 0 Å². The Kier molecular flexibility index (Phi) is 6.09. The van der Waals surface area contributed by atoms with E-state index in [4.69, 9.17) is 4.98 Å². The molecule has 1 aromatic heterocycles. The van der Waals surface area contributed by atoms with Crippen molar-refractivity contribution in [3.8, 4) is 0 Å². The van der Waals surface area contributed by atoms with E-state index in [9.17, 15) is 4.79 Å². The molecule has 1 aliphatic rings. The molecular weight excluding hydrogens is 410 g/mol.